The number of halogens is 4. The third-order valence-electron chi connectivity index (χ3n) is 0.882. The van der Waals surface area contributed by atoms with E-state index in [4.69, 9.17) is 0 Å². The van der Waals surface area contributed by atoms with Gasteiger partial charge < -0.3 is 4.52 Å². The molecule has 0 aliphatic carbocycles. The lowest BCUT2D eigenvalue weighted by Crippen LogP contribution is -2.09. The van der Waals surface area contributed by atoms with Crippen molar-refractivity contribution in [2.45, 2.75) is 12.9 Å². The fraction of sp³-hybridized carbons (Fsp3) is 0.667. The molecule has 0 spiro atoms. The summed E-state index contributed by atoms with van der Waals surface area (Å²) in [5.74, 6) is 0. The van der Waals surface area contributed by atoms with Crippen molar-refractivity contribution in [3.05, 3.63) is 0 Å². The summed E-state index contributed by atoms with van der Waals surface area (Å²) in [5, 5.41) is 0. The Balaban J connectivity index is 4.20. The predicted molar refractivity (Wildman–Crippen MR) is 41.4 cm³/mol. The summed E-state index contributed by atoms with van der Waals surface area (Å²) < 4.78 is 69.6. The molecule has 0 atom stereocenters. The van der Waals surface area contributed by atoms with Gasteiger partial charge in [0, 0.05) is 0 Å². The van der Waals surface area contributed by atoms with Crippen molar-refractivity contribution in [1.82, 2.24) is 0 Å². The highest BCUT2D eigenvalue weighted by atomic mass is 31.2. The molecule has 0 rings (SSSR count). The van der Waals surface area contributed by atoms with Crippen LogP contribution in [0.2, 0.25) is 0 Å². The average molecular weight is 250 g/mol. The Hall–Kier alpha value is -0.770. The van der Waals surface area contributed by atoms with Crippen LogP contribution in [-0.4, -0.2) is 26.1 Å². The average Bonchev–Trinajstić information content (AvgIpc) is 2.13. The van der Waals surface area contributed by atoms with E-state index in [9.17, 15) is 22.1 Å². The Bertz CT molecular complexity index is 248. The summed E-state index contributed by atoms with van der Waals surface area (Å²) >= 11 is 0. The SMILES string of the molecule is C#COP(=O)(OCC(F)F)OCC(F)F. The van der Waals surface area contributed by atoms with Gasteiger partial charge in [-0.05, 0) is 0 Å². The number of phosphoric ester groups is 1. The second-order valence-electron chi connectivity index (χ2n) is 2.03. The highest BCUT2D eigenvalue weighted by Gasteiger charge is 2.30. The van der Waals surface area contributed by atoms with E-state index in [-0.39, 0.29) is 0 Å². The van der Waals surface area contributed by atoms with E-state index in [1.165, 1.54) is 6.11 Å². The third kappa shape index (κ3) is 7.19. The Morgan fingerprint density at radius 1 is 1.13 bits per heavy atom. The summed E-state index contributed by atoms with van der Waals surface area (Å²) in [5.41, 5.74) is 0. The smallest absolute Gasteiger partial charge is 0.350 e. The largest absolute Gasteiger partial charge is 0.538 e. The summed E-state index contributed by atoms with van der Waals surface area (Å²) in [6.07, 6.45) is 0.00237. The van der Waals surface area contributed by atoms with Gasteiger partial charge in [-0.2, -0.15) is 0 Å². The molecule has 0 aromatic heterocycles. The van der Waals surface area contributed by atoms with Crippen molar-refractivity contribution in [3.8, 4) is 12.5 Å². The second kappa shape index (κ2) is 6.67. The monoisotopic (exact) mass is 250 g/mol. The highest BCUT2D eigenvalue weighted by molar-refractivity contribution is 7.48. The molecular formula is C6H7F4O4P. The van der Waals surface area contributed by atoms with Gasteiger partial charge in [-0.25, -0.2) is 22.1 Å². The van der Waals surface area contributed by atoms with E-state index >= 15 is 0 Å². The number of alkyl halides is 4. The van der Waals surface area contributed by atoms with Crippen LogP contribution in [0.3, 0.4) is 0 Å². The van der Waals surface area contributed by atoms with Crippen LogP contribution in [0.5, 0.6) is 0 Å². The Kier molecular flexibility index (Phi) is 6.32. The molecule has 0 aromatic carbocycles. The molecule has 0 aliphatic rings. The van der Waals surface area contributed by atoms with Crippen molar-refractivity contribution in [3.63, 3.8) is 0 Å². The van der Waals surface area contributed by atoms with Gasteiger partial charge in [0.25, 0.3) is 12.9 Å². The standard InChI is InChI=1S/C6H7F4O4P/c1-2-12-15(11,13-3-5(7)8)14-4-6(9)10/h1,5-6H,3-4H2. The minimum absolute atomic E-state index is 1.29. The van der Waals surface area contributed by atoms with Gasteiger partial charge in [-0.1, -0.05) is 6.42 Å². The molecule has 0 radical (unpaired) electrons. The Morgan fingerprint density at radius 2 is 1.53 bits per heavy atom. The molecule has 88 valence electrons. The molecule has 4 nitrogen and oxygen atoms in total. The third-order valence-corrected chi connectivity index (χ3v) is 2.14. The summed E-state index contributed by atoms with van der Waals surface area (Å²) in [6.45, 7) is -2.58. The van der Waals surface area contributed by atoms with Gasteiger partial charge in [-0.15, -0.1) is 0 Å². The van der Waals surface area contributed by atoms with Crippen LogP contribution < -0.4 is 0 Å². The Labute approximate surface area is 83.1 Å². The summed E-state index contributed by atoms with van der Waals surface area (Å²) in [6, 6.07) is 0. The first-order valence-corrected chi connectivity index (χ1v) is 4.95. The fourth-order valence-corrected chi connectivity index (χ4v) is 1.35. The molecule has 15 heavy (non-hydrogen) atoms. The molecule has 0 N–H and O–H groups in total. The molecule has 0 aliphatic heterocycles. The fourth-order valence-electron chi connectivity index (χ4n) is 0.450. The van der Waals surface area contributed by atoms with Crippen LogP contribution >= 0.6 is 7.82 Å². The van der Waals surface area contributed by atoms with Gasteiger partial charge in [0.2, 0.25) is 0 Å². The van der Waals surface area contributed by atoms with E-state index < -0.39 is 33.9 Å². The van der Waals surface area contributed by atoms with Crippen molar-refractivity contribution in [2.75, 3.05) is 13.2 Å². The lowest BCUT2D eigenvalue weighted by Gasteiger charge is -2.14. The van der Waals surface area contributed by atoms with Gasteiger partial charge in [0.15, 0.2) is 0 Å². The first-order chi connectivity index (χ1) is 6.89. The topological polar surface area (TPSA) is 44.8 Å². The van der Waals surface area contributed by atoms with Crippen LogP contribution in [0.15, 0.2) is 0 Å². The van der Waals surface area contributed by atoms with Crippen molar-refractivity contribution in [2.24, 2.45) is 0 Å². The van der Waals surface area contributed by atoms with E-state index in [1.807, 2.05) is 0 Å². The van der Waals surface area contributed by atoms with Gasteiger partial charge in [0.05, 0.1) is 0 Å². The van der Waals surface area contributed by atoms with E-state index in [0.717, 1.165) is 0 Å². The maximum atomic E-state index is 11.6. The molecule has 0 aromatic rings. The van der Waals surface area contributed by atoms with Crippen LogP contribution in [0.4, 0.5) is 17.6 Å². The van der Waals surface area contributed by atoms with Gasteiger partial charge >= 0.3 is 7.82 Å². The van der Waals surface area contributed by atoms with E-state index in [2.05, 4.69) is 20.0 Å². The van der Waals surface area contributed by atoms with Crippen molar-refractivity contribution >= 4 is 7.82 Å². The normalized spacial score (nSPS) is 11.8. The minimum atomic E-state index is -4.52. The number of hydrogen-bond acceptors (Lipinski definition) is 4. The maximum Gasteiger partial charge on any atom is 0.538 e. The van der Waals surface area contributed by atoms with E-state index in [0.29, 0.717) is 0 Å². The zero-order chi connectivity index (χ0) is 11.9. The number of hydrogen-bond donors (Lipinski definition) is 0. The molecule has 0 unspecified atom stereocenters. The molecule has 0 fully saturated rings. The quantitative estimate of drug-likeness (QED) is 0.395. The molecule has 0 amide bonds. The van der Waals surface area contributed by atoms with Crippen LogP contribution in [0.1, 0.15) is 0 Å². The molecule has 9 heteroatoms. The van der Waals surface area contributed by atoms with E-state index in [1.54, 1.807) is 0 Å². The van der Waals surface area contributed by atoms with Gasteiger partial charge in [-0.3, -0.25) is 9.05 Å². The van der Waals surface area contributed by atoms with Crippen LogP contribution in [0.25, 0.3) is 0 Å². The lowest BCUT2D eigenvalue weighted by molar-refractivity contribution is 0.0291. The number of rotatable bonds is 7. The molecule has 0 saturated heterocycles. The first-order valence-electron chi connectivity index (χ1n) is 3.49. The lowest BCUT2D eigenvalue weighted by atomic mass is 10.8. The summed E-state index contributed by atoms with van der Waals surface area (Å²) in [7, 11) is -4.52. The maximum absolute atomic E-state index is 11.6. The van der Waals surface area contributed by atoms with Gasteiger partial charge in [0.1, 0.15) is 19.3 Å². The number of phosphoric acid groups is 1. The van der Waals surface area contributed by atoms with Crippen molar-refractivity contribution in [1.29, 1.82) is 0 Å². The van der Waals surface area contributed by atoms with Crippen molar-refractivity contribution < 1.29 is 35.7 Å². The molecule has 0 heterocycles. The summed E-state index contributed by atoms with van der Waals surface area (Å²) in [4.78, 5) is 0. The Morgan fingerprint density at radius 3 is 1.80 bits per heavy atom. The number of terminal acetylenes is 1. The van der Waals surface area contributed by atoms with Crippen LogP contribution in [0, 0.1) is 12.5 Å². The first kappa shape index (κ1) is 14.2. The molecular weight excluding hydrogens is 243 g/mol. The van der Waals surface area contributed by atoms with Crippen LogP contribution in [-0.2, 0) is 18.1 Å². The zero-order valence-electron chi connectivity index (χ0n) is 7.24. The highest BCUT2D eigenvalue weighted by Crippen LogP contribution is 2.49. The molecule has 0 saturated carbocycles. The zero-order valence-corrected chi connectivity index (χ0v) is 8.13. The predicted octanol–water partition coefficient (Wildman–Crippen LogP) is 2.27. The molecule has 0 bridgehead atoms. The minimum Gasteiger partial charge on any atom is -0.350 e. The second-order valence-corrected chi connectivity index (χ2v) is 3.62.